The lowest BCUT2D eigenvalue weighted by molar-refractivity contribution is -0.123. The molecule has 0 saturated heterocycles. The fourth-order valence-electron chi connectivity index (χ4n) is 4.57. The molecule has 3 atom stereocenters. The van der Waals surface area contributed by atoms with Crippen molar-refractivity contribution in [2.45, 2.75) is 39.5 Å². The highest BCUT2D eigenvalue weighted by Crippen LogP contribution is 2.44. The zero-order valence-electron chi connectivity index (χ0n) is 17.0. The van der Waals surface area contributed by atoms with Gasteiger partial charge in [0.1, 0.15) is 11.6 Å². The van der Waals surface area contributed by atoms with Gasteiger partial charge in [-0.3, -0.25) is 14.6 Å². The standard InChI is InChI=1S/C24H25N3O2/c1-14-12-18-23(19(28)13-14)22(17-9-5-4-8-15(17)2)21(16(3)26-18)24(29)27-20-10-6-7-11-25-20/h4-11,14,22-23H,12-13H2,1-3H3,(H,25,27,29)/t14-,22-,23?/m1/s1. The summed E-state index contributed by atoms with van der Waals surface area (Å²) in [5.41, 5.74) is 4.23. The van der Waals surface area contributed by atoms with Gasteiger partial charge in [0.05, 0.1) is 5.92 Å². The van der Waals surface area contributed by atoms with E-state index in [0.717, 1.165) is 23.3 Å². The van der Waals surface area contributed by atoms with Gasteiger partial charge in [-0.2, -0.15) is 0 Å². The van der Waals surface area contributed by atoms with Gasteiger partial charge in [0.25, 0.3) is 5.91 Å². The summed E-state index contributed by atoms with van der Waals surface area (Å²) in [7, 11) is 0. The summed E-state index contributed by atoms with van der Waals surface area (Å²) in [4.78, 5) is 35.4. The van der Waals surface area contributed by atoms with E-state index in [9.17, 15) is 9.59 Å². The number of carbonyl (C=O) groups is 2. The Hall–Kier alpha value is -3.08. The highest BCUT2D eigenvalue weighted by molar-refractivity contribution is 6.14. The molecule has 0 bridgehead atoms. The number of carbonyl (C=O) groups excluding carboxylic acids is 2. The summed E-state index contributed by atoms with van der Waals surface area (Å²) >= 11 is 0. The lowest BCUT2D eigenvalue weighted by atomic mass is 9.66. The first-order chi connectivity index (χ1) is 14.0. The monoisotopic (exact) mass is 387 g/mol. The number of hydrogen-bond acceptors (Lipinski definition) is 4. The molecular weight excluding hydrogens is 362 g/mol. The van der Waals surface area contributed by atoms with Crippen molar-refractivity contribution in [3.05, 3.63) is 71.1 Å². The van der Waals surface area contributed by atoms with Gasteiger partial charge in [0.15, 0.2) is 0 Å². The summed E-state index contributed by atoms with van der Waals surface area (Å²) in [5.74, 6) is -0.00521. The molecule has 5 nitrogen and oxygen atoms in total. The molecule has 1 aliphatic carbocycles. The topological polar surface area (TPSA) is 71.4 Å². The molecule has 0 spiro atoms. The maximum Gasteiger partial charge on any atom is 0.255 e. The number of benzene rings is 1. The fourth-order valence-corrected chi connectivity index (χ4v) is 4.57. The predicted octanol–water partition coefficient (Wildman–Crippen LogP) is 4.46. The number of anilines is 1. The Morgan fingerprint density at radius 3 is 2.52 bits per heavy atom. The van der Waals surface area contributed by atoms with Gasteiger partial charge < -0.3 is 5.32 Å². The van der Waals surface area contributed by atoms with Crippen molar-refractivity contribution in [1.82, 2.24) is 4.98 Å². The van der Waals surface area contributed by atoms with Crippen LogP contribution in [0.25, 0.3) is 0 Å². The van der Waals surface area contributed by atoms with E-state index in [2.05, 4.69) is 17.2 Å². The second kappa shape index (κ2) is 7.74. The van der Waals surface area contributed by atoms with E-state index < -0.39 is 0 Å². The average molecular weight is 387 g/mol. The summed E-state index contributed by atoms with van der Waals surface area (Å²) < 4.78 is 0. The molecule has 1 amide bonds. The van der Waals surface area contributed by atoms with E-state index in [4.69, 9.17) is 4.99 Å². The van der Waals surface area contributed by atoms with Crippen LogP contribution >= 0.6 is 0 Å². The Bertz CT molecular complexity index is 1020. The van der Waals surface area contributed by atoms with Gasteiger partial charge in [0, 0.05) is 35.5 Å². The van der Waals surface area contributed by atoms with Gasteiger partial charge in [-0.1, -0.05) is 37.3 Å². The van der Waals surface area contributed by atoms with E-state index >= 15 is 0 Å². The van der Waals surface area contributed by atoms with E-state index in [-0.39, 0.29) is 29.4 Å². The normalized spacial score (nSPS) is 24.0. The highest BCUT2D eigenvalue weighted by atomic mass is 16.2. The van der Waals surface area contributed by atoms with E-state index in [1.54, 1.807) is 18.3 Å². The molecule has 29 heavy (non-hydrogen) atoms. The number of Topliss-reactive ketones (excluding diaryl/α,β-unsaturated/α-hetero) is 1. The van der Waals surface area contributed by atoms with E-state index in [1.165, 1.54) is 0 Å². The number of ketones is 1. The second-order valence-corrected chi connectivity index (χ2v) is 8.06. The molecule has 148 valence electrons. The van der Waals surface area contributed by atoms with Gasteiger partial charge in [0.2, 0.25) is 0 Å². The van der Waals surface area contributed by atoms with Crippen molar-refractivity contribution in [3.63, 3.8) is 0 Å². The number of hydrogen-bond donors (Lipinski definition) is 1. The van der Waals surface area contributed by atoms with Crippen molar-refractivity contribution >= 4 is 23.2 Å². The quantitative estimate of drug-likeness (QED) is 0.845. The number of fused-ring (bicyclic) bond motifs is 1. The molecular formula is C24H25N3O2. The minimum absolute atomic E-state index is 0.173. The number of amides is 1. The molecule has 1 saturated carbocycles. The average Bonchev–Trinajstić information content (AvgIpc) is 2.67. The molecule has 1 fully saturated rings. The number of rotatable bonds is 3. The van der Waals surface area contributed by atoms with Crippen LogP contribution in [-0.2, 0) is 9.59 Å². The van der Waals surface area contributed by atoms with Crippen LogP contribution in [0.4, 0.5) is 5.82 Å². The Morgan fingerprint density at radius 1 is 1.03 bits per heavy atom. The van der Waals surface area contributed by atoms with Crippen LogP contribution in [0.3, 0.4) is 0 Å². The van der Waals surface area contributed by atoms with Crippen molar-refractivity contribution in [2.24, 2.45) is 16.8 Å². The molecule has 1 aliphatic heterocycles. The summed E-state index contributed by atoms with van der Waals surface area (Å²) in [5, 5.41) is 2.89. The number of aryl methyl sites for hydroxylation is 1. The first-order valence-electron chi connectivity index (χ1n) is 10.0. The van der Waals surface area contributed by atoms with Crippen molar-refractivity contribution in [2.75, 3.05) is 5.32 Å². The highest BCUT2D eigenvalue weighted by Gasteiger charge is 2.45. The van der Waals surface area contributed by atoms with Crippen molar-refractivity contribution in [3.8, 4) is 0 Å². The molecule has 2 heterocycles. The van der Waals surface area contributed by atoms with Crippen LogP contribution in [0, 0.1) is 18.8 Å². The minimum atomic E-state index is -0.375. The fraction of sp³-hybridized carbons (Fsp3) is 0.333. The molecule has 5 heteroatoms. The lowest BCUT2D eigenvalue weighted by Gasteiger charge is -2.38. The third-order valence-corrected chi connectivity index (χ3v) is 5.83. The molecule has 2 aliphatic rings. The van der Waals surface area contributed by atoms with E-state index in [0.29, 0.717) is 23.5 Å². The predicted molar refractivity (Wildman–Crippen MR) is 114 cm³/mol. The van der Waals surface area contributed by atoms with Gasteiger partial charge in [-0.15, -0.1) is 0 Å². The zero-order chi connectivity index (χ0) is 20.5. The number of nitrogens with zero attached hydrogens (tertiary/aromatic N) is 2. The minimum Gasteiger partial charge on any atom is -0.307 e. The van der Waals surface area contributed by atoms with Crippen LogP contribution < -0.4 is 5.32 Å². The smallest absolute Gasteiger partial charge is 0.255 e. The zero-order valence-corrected chi connectivity index (χ0v) is 17.0. The molecule has 1 aromatic carbocycles. The number of nitrogens with one attached hydrogen (secondary N) is 1. The summed E-state index contributed by atoms with van der Waals surface area (Å²) in [6.07, 6.45) is 2.96. The molecule has 4 rings (SSSR count). The Labute approximate surface area is 171 Å². The Morgan fingerprint density at radius 2 is 1.79 bits per heavy atom. The van der Waals surface area contributed by atoms with Crippen LogP contribution in [-0.4, -0.2) is 22.4 Å². The Balaban J connectivity index is 1.83. The van der Waals surface area contributed by atoms with Crippen molar-refractivity contribution in [1.29, 1.82) is 0 Å². The number of allylic oxidation sites excluding steroid dienone is 1. The first kappa shape index (κ1) is 19.2. The first-order valence-corrected chi connectivity index (χ1v) is 10.0. The summed E-state index contributed by atoms with van der Waals surface area (Å²) in [6.45, 7) is 5.98. The van der Waals surface area contributed by atoms with Crippen LogP contribution in [0.5, 0.6) is 0 Å². The maximum absolute atomic E-state index is 13.3. The molecule has 2 aromatic rings. The second-order valence-electron chi connectivity index (χ2n) is 8.06. The third-order valence-electron chi connectivity index (χ3n) is 5.83. The van der Waals surface area contributed by atoms with E-state index in [1.807, 2.05) is 44.2 Å². The SMILES string of the molecule is CC1=C(C(=O)Nc2ccccn2)[C@@H](c2ccccc2C)C2C(=O)C[C@H](C)CC2=N1. The Kier molecular flexibility index (Phi) is 5.14. The van der Waals surface area contributed by atoms with Gasteiger partial charge >= 0.3 is 0 Å². The molecule has 1 unspecified atom stereocenters. The van der Waals surface area contributed by atoms with Crippen molar-refractivity contribution < 1.29 is 9.59 Å². The number of aliphatic imine (C=N–C) groups is 1. The number of pyridine rings is 1. The van der Waals surface area contributed by atoms with Crippen LogP contribution in [0.15, 0.2) is 64.9 Å². The third kappa shape index (κ3) is 3.65. The van der Waals surface area contributed by atoms with Crippen LogP contribution in [0.2, 0.25) is 0 Å². The van der Waals surface area contributed by atoms with Gasteiger partial charge in [-0.25, -0.2) is 4.98 Å². The number of aromatic nitrogens is 1. The van der Waals surface area contributed by atoms with Crippen LogP contribution in [0.1, 0.15) is 43.7 Å². The largest absolute Gasteiger partial charge is 0.307 e. The maximum atomic E-state index is 13.3. The lowest BCUT2D eigenvalue weighted by Crippen LogP contribution is -2.41. The van der Waals surface area contributed by atoms with Gasteiger partial charge in [-0.05, 0) is 49.4 Å². The molecule has 0 radical (unpaired) electrons. The summed E-state index contributed by atoms with van der Waals surface area (Å²) in [6, 6.07) is 13.4. The molecule has 1 N–H and O–H groups in total. The molecule has 1 aromatic heterocycles.